The van der Waals surface area contributed by atoms with Crippen LogP contribution >= 0.6 is 11.6 Å². The summed E-state index contributed by atoms with van der Waals surface area (Å²) in [4.78, 5) is 22.5. The minimum absolute atomic E-state index is 0.0162. The molecule has 1 aliphatic rings. The Morgan fingerprint density at radius 3 is 2.84 bits per heavy atom. The number of furan rings is 1. The van der Waals surface area contributed by atoms with Crippen LogP contribution in [0.1, 0.15) is 30.3 Å². The quantitative estimate of drug-likeness (QED) is 0.643. The fraction of sp³-hybridized carbons (Fsp3) is 0.353. The van der Waals surface area contributed by atoms with Crippen molar-refractivity contribution in [1.29, 1.82) is 0 Å². The lowest BCUT2D eigenvalue weighted by Gasteiger charge is -2.19. The molecule has 2 aromatic rings. The molecule has 2 atom stereocenters. The SMILES string of the molecule is C[C@H](NC(=O)c1ccc(-c2ccc([N+](=O)[O-])cc2Cl)o1)[C@@H]1CCCO1. The number of nitro benzene ring substituents is 1. The fourth-order valence-electron chi connectivity index (χ4n) is 2.79. The summed E-state index contributed by atoms with van der Waals surface area (Å²) in [5.74, 6) is 0.177. The van der Waals surface area contributed by atoms with E-state index in [2.05, 4.69) is 5.32 Å². The lowest BCUT2D eigenvalue weighted by atomic mass is 10.1. The number of amides is 1. The number of ether oxygens (including phenoxy) is 1. The van der Waals surface area contributed by atoms with Gasteiger partial charge in [0.15, 0.2) is 5.76 Å². The molecule has 1 N–H and O–H groups in total. The highest BCUT2D eigenvalue weighted by atomic mass is 35.5. The second-order valence-corrected chi connectivity index (χ2v) is 6.31. The minimum Gasteiger partial charge on any atom is -0.451 e. The molecule has 1 aromatic heterocycles. The molecule has 0 unspecified atom stereocenters. The van der Waals surface area contributed by atoms with Crippen molar-refractivity contribution >= 4 is 23.2 Å². The van der Waals surface area contributed by atoms with Crippen LogP contribution in [-0.4, -0.2) is 29.6 Å². The summed E-state index contributed by atoms with van der Waals surface area (Å²) >= 11 is 6.09. The van der Waals surface area contributed by atoms with E-state index in [1.54, 1.807) is 12.1 Å². The summed E-state index contributed by atoms with van der Waals surface area (Å²) in [5.41, 5.74) is 0.377. The third-order valence-corrected chi connectivity index (χ3v) is 4.45. The monoisotopic (exact) mass is 364 g/mol. The number of hydrogen-bond acceptors (Lipinski definition) is 5. The van der Waals surface area contributed by atoms with Gasteiger partial charge in [0, 0.05) is 24.3 Å². The van der Waals surface area contributed by atoms with Crippen LogP contribution in [0.4, 0.5) is 5.69 Å². The van der Waals surface area contributed by atoms with E-state index >= 15 is 0 Å². The Morgan fingerprint density at radius 1 is 1.40 bits per heavy atom. The zero-order chi connectivity index (χ0) is 18.0. The molecule has 0 bridgehead atoms. The molecule has 8 heteroatoms. The number of hydrogen-bond donors (Lipinski definition) is 1. The molecule has 1 fully saturated rings. The predicted octanol–water partition coefficient (Wildman–Crippen LogP) is 3.81. The van der Waals surface area contributed by atoms with Crippen molar-refractivity contribution in [3.05, 3.63) is 51.2 Å². The summed E-state index contributed by atoms with van der Waals surface area (Å²) in [6, 6.07) is 7.12. The van der Waals surface area contributed by atoms with Gasteiger partial charge >= 0.3 is 0 Å². The summed E-state index contributed by atoms with van der Waals surface area (Å²) < 4.78 is 11.1. The fourth-order valence-corrected chi connectivity index (χ4v) is 3.06. The molecular formula is C17H17ClN2O5. The van der Waals surface area contributed by atoms with E-state index in [1.807, 2.05) is 6.92 Å². The molecule has 25 heavy (non-hydrogen) atoms. The number of carbonyl (C=O) groups excluding carboxylic acids is 1. The van der Waals surface area contributed by atoms with Crippen LogP contribution in [0.15, 0.2) is 34.7 Å². The summed E-state index contributed by atoms with van der Waals surface area (Å²) in [6.45, 7) is 2.61. The number of halogens is 1. The van der Waals surface area contributed by atoms with Crippen molar-refractivity contribution in [2.75, 3.05) is 6.61 Å². The number of benzene rings is 1. The lowest BCUT2D eigenvalue weighted by Crippen LogP contribution is -2.40. The highest BCUT2D eigenvalue weighted by Crippen LogP contribution is 2.32. The van der Waals surface area contributed by atoms with Gasteiger partial charge in [-0.05, 0) is 38.0 Å². The Balaban J connectivity index is 1.73. The van der Waals surface area contributed by atoms with Gasteiger partial charge in [0.25, 0.3) is 11.6 Å². The molecule has 0 aliphatic carbocycles. The topological polar surface area (TPSA) is 94.6 Å². The number of nitro groups is 1. The van der Waals surface area contributed by atoms with Crippen LogP contribution in [0.3, 0.4) is 0 Å². The van der Waals surface area contributed by atoms with Gasteiger partial charge in [-0.15, -0.1) is 0 Å². The van der Waals surface area contributed by atoms with Crippen molar-refractivity contribution in [1.82, 2.24) is 5.32 Å². The van der Waals surface area contributed by atoms with Crippen LogP contribution < -0.4 is 5.32 Å². The molecule has 0 radical (unpaired) electrons. The van der Waals surface area contributed by atoms with E-state index in [-0.39, 0.29) is 34.5 Å². The van der Waals surface area contributed by atoms with Crippen LogP contribution in [0, 0.1) is 10.1 Å². The van der Waals surface area contributed by atoms with Crippen molar-refractivity contribution < 1.29 is 18.9 Å². The third-order valence-electron chi connectivity index (χ3n) is 4.14. The van der Waals surface area contributed by atoms with Crippen LogP contribution in [0.2, 0.25) is 5.02 Å². The van der Waals surface area contributed by atoms with E-state index < -0.39 is 4.92 Å². The normalized spacial score (nSPS) is 18.1. The van der Waals surface area contributed by atoms with Crippen LogP contribution in [0.5, 0.6) is 0 Å². The van der Waals surface area contributed by atoms with Gasteiger partial charge in [-0.25, -0.2) is 0 Å². The Bertz CT molecular complexity index is 798. The summed E-state index contributed by atoms with van der Waals surface area (Å²) in [7, 11) is 0. The van der Waals surface area contributed by atoms with E-state index in [1.165, 1.54) is 18.2 Å². The van der Waals surface area contributed by atoms with Gasteiger partial charge in [-0.1, -0.05) is 11.6 Å². The molecule has 0 saturated carbocycles. The van der Waals surface area contributed by atoms with E-state index in [4.69, 9.17) is 20.8 Å². The lowest BCUT2D eigenvalue weighted by molar-refractivity contribution is -0.384. The standard InChI is InChI=1S/C17H17ClN2O5/c1-10(14-3-2-8-24-14)19-17(21)16-7-6-15(25-16)12-5-4-11(20(22)23)9-13(12)18/h4-7,9-10,14H,2-3,8H2,1H3,(H,19,21)/t10-,14-/m0/s1. The van der Waals surface area contributed by atoms with Gasteiger partial charge in [0.1, 0.15) is 5.76 Å². The van der Waals surface area contributed by atoms with E-state index in [0.29, 0.717) is 17.9 Å². The Hall–Kier alpha value is -2.38. The Kier molecular flexibility index (Phi) is 5.06. The average Bonchev–Trinajstić information content (AvgIpc) is 3.26. The molecule has 1 saturated heterocycles. The first-order valence-electron chi connectivity index (χ1n) is 7.92. The molecule has 2 heterocycles. The van der Waals surface area contributed by atoms with Crippen LogP contribution in [0.25, 0.3) is 11.3 Å². The molecule has 132 valence electrons. The highest BCUT2D eigenvalue weighted by Gasteiger charge is 2.25. The molecule has 0 spiro atoms. The first-order valence-corrected chi connectivity index (χ1v) is 8.30. The maximum atomic E-state index is 12.3. The van der Waals surface area contributed by atoms with Gasteiger partial charge in [0.05, 0.1) is 22.1 Å². The first-order chi connectivity index (χ1) is 12.0. The molecular weight excluding hydrogens is 348 g/mol. The Morgan fingerprint density at radius 2 is 2.20 bits per heavy atom. The maximum absolute atomic E-state index is 12.3. The largest absolute Gasteiger partial charge is 0.451 e. The van der Waals surface area contributed by atoms with Crippen molar-refractivity contribution in [2.24, 2.45) is 0 Å². The predicted molar refractivity (Wildman–Crippen MR) is 91.7 cm³/mol. The minimum atomic E-state index is -0.525. The average molecular weight is 365 g/mol. The second-order valence-electron chi connectivity index (χ2n) is 5.90. The number of carbonyl (C=O) groups is 1. The molecule has 7 nitrogen and oxygen atoms in total. The maximum Gasteiger partial charge on any atom is 0.287 e. The Labute approximate surface area is 149 Å². The van der Waals surface area contributed by atoms with Gasteiger partial charge < -0.3 is 14.5 Å². The van der Waals surface area contributed by atoms with Gasteiger partial charge in [0.2, 0.25) is 0 Å². The number of nitrogens with one attached hydrogen (secondary N) is 1. The van der Waals surface area contributed by atoms with E-state index in [0.717, 1.165) is 12.8 Å². The number of nitrogens with zero attached hydrogens (tertiary/aromatic N) is 1. The summed E-state index contributed by atoms with van der Waals surface area (Å²) in [6.07, 6.45) is 1.93. The van der Waals surface area contributed by atoms with Crippen molar-refractivity contribution in [3.63, 3.8) is 0 Å². The second kappa shape index (κ2) is 7.25. The summed E-state index contributed by atoms with van der Waals surface area (Å²) in [5, 5.41) is 13.8. The molecule has 1 amide bonds. The van der Waals surface area contributed by atoms with Crippen LogP contribution in [-0.2, 0) is 4.74 Å². The smallest absolute Gasteiger partial charge is 0.287 e. The first kappa shape index (κ1) is 17.4. The van der Waals surface area contributed by atoms with Crippen molar-refractivity contribution in [2.45, 2.75) is 31.9 Å². The zero-order valence-corrected chi connectivity index (χ0v) is 14.3. The van der Waals surface area contributed by atoms with Gasteiger partial charge in [-0.3, -0.25) is 14.9 Å². The molecule has 1 aliphatic heterocycles. The molecule has 3 rings (SSSR count). The zero-order valence-electron chi connectivity index (χ0n) is 13.5. The number of non-ortho nitro benzene ring substituents is 1. The third kappa shape index (κ3) is 3.83. The van der Waals surface area contributed by atoms with E-state index in [9.17, 15) is 14.9 Å². The number of rotatable bonds is 5. The molecule has 1 aromatic carbocycles. The highest BCUT2D eigenvalue weighted by molar-refractivity contribution is 6.33. The van der Waals surface area contributed by atoms with Crippen molar-refractivity contribution in [3.8, 4) is 11.3 Å². The van der Waals surface area contributed by atoms with Gasteiger partial charge in [-0.2, -0.15) is 0 Å².